The molecule has 0 bridgehead atoms. The molecule has 0 aliphatic heterocycles. The van der Waals surface area contributed by atoms with Gasteiger partial charge < -0.3 is 14.7 Å². The molecule has 21 heavy (non-hydrogen) atoms. The summed E-state index contributed by atoms with van der Waals surface area (Å²) >= 11 is 0. The summed E-state index contributed by atoms with van der Waals surface area (Å²) in [4.78, 5) is 24.4. The smallest absolute Gasteiger partial charge is 0.308 e. The Morgan fingerprint density at radius 2 is 1.90 bits per heavy atom. The second-order valence-corrected chi connectivity index (χ2v) is 5.08. The maximum Gasteiger partial charge on any atom is 0.308 e. The molecule has 116 valence electrons. The molecular formula is C16H23NO4. The lowest BCUT2D eigenvalue weighted by atomic mass is 10.1. The maximum atomic E-state index is 12.0. The van der Waals surface area contributed by atoms with Crippen molar-refractivity contribution < 1.29 is 19.4 Å². The van der Waals surface area contributed by atoms with Crippen LogP contribution in [0, 0.1) is 12.8 Å². The minimum absolute atomic E-state index is 0.0855. The molecule has 1 aromatic carbocycles. The van der Waals surface area contributed by atoms with Crippen molar-refractivity contribution in [3.8, 4) is 5.75 Å². The average molecular weight is 293 g/mol. The van der Waals surface area contributed by atoms with Crippen molar-refractivity contribution in [3.63, 3.8) is 0 Å². The fraction of sp³-hybridized carbons (Fsp3) is 0.500. The number of carbonyl (C=O) groups excluding carboxylic acids is 1. The molecular weight excluding hydrogens is 270 g/mol. The van der Waals surface area contributed by atoms with Crippen LogP contribution in [0.25, 0.3) is 0 Å². The molecule has 1 unspecified atom stereocenters. The predicted octanol–water partition coefficient (Wildman–Crippen LogP) is 2.33. The summed E-state index contributed by atoms with van der Waals surface area (Å²) in [5.74, 6) is -0.808. The van der Waals surface area contributed by atoms with Crippen molar-refractivity contribution in [2.24, 2.45) is 5.92 Å². The molecule has 0 aliphatic carbocycles. The highest BCUT2D eigenvalue weighted by Gasteiger charge is 2.19. The molecule has 0 aliphatic rings. The topological polar surface area (TPSA) is 66.8 Å². The molecule has 0 radical (unpaired) electrons. The summed E-state index contributed by atoms with van der Waals surface area (Å²) in [6, 6.07) is 7.63. The second-order valence-electron chi connectivity index (χ2n) is 5.08. The van der Waals surface area contributed by atoms with Crippen molar-refractivity contribution in [1.29, 1.82) is 0 Å². The Balaban J connectivity index is 2.40. The van der Waals surface area contributed by atoms with Gasteiger partial charge in [0.15, 0.2) is 0 Å². The summed E-state index contributed by atoms with van der Waals surface area (Å²) in [5, 5.41) is 8.89. The number of carboxylic acid groups (broad SMARTS) is 1. The molecule has 0 spiro atoms. The molecule has 1 rings (SSSR count). The van der Waals surface area contributed by atoms with Crippen molar-refractivity contribution in [3.05, 3.63) is 29.8 Å². The molecule has 0 saturated heterocycles. The number of hydrogen-bond donors (Lipinski definition) is 1. The number of aliphatic carboxylic acids is 1. The molecule has 0 aromatic heterocycles. The van der Waals surface area contributed by atoms with Gasteiger partial charge in [-0.05, 0) is 26.0 Å². The van der Waals surface area contributed by atoms with Gasteiger partial charge in [0.05, 0.1) is 18.9 Å². The van der Waals surface area contributed by atoms with E-state index in [0.717, 1.165) is 11.3 Å². The van der Waals surface area contributed by atoms with Gasteiger partial charge in [0, 0.05) is 13.1 Å². The molecule has 0 heterocycles. The Morgan fingerprint density at radius 3 is 2.43 bits per heavy atom. The Bertz CT molecular complexity index is 470. The average Bonchev–Trinajstić information content (AvgIpc) is 2.46. The van der Waals surface area contributed by atoms with Crippen LogP contribution in [-0.2, 0) is 9.59 Å². The third-order valence-electron chi connectivity index (χ3n) is 3.26. The first-order valence-electron chi connectivity index (χ1n) is 7.14. The van der Waals surface area contributed by atoms with Crippen LogP contribution in [0.2, 0.25) is 0 Å². The van der Waals surface area contributed by atoms with Crippen LogP contribution in [0.4, 0.5) is 0 Å². The predicted molar refractivity (Wildman–Crippen MR) is 80.3 cm³/mol. The van der Waals surface area contributed by atoms with Crippen LogP contribution < -0.4 is 4.74 Å². The van der Waals surface area contributed by atoms with Gasteiger partial charge in [0.25, 0.3) is 0 Å². The third kappa shape index (κ3) is 5.85. The van der Waals surface area contributed by atoms with Crippen molar-refractivity contribution in [2.75, 3.05) is 19.7 Å². The summed E-state index contributed by atoms with van der Waals surface area (Å²) in [6.45, 7) is 6.46. The van der Waals surface area contributed by atoms with E-state index in [4.69, 9.17) is 9.84 Å². The van der Waals surface area contributed by atoms with E-state index in [0.29, 0.717) is 13.2 Å². The number of carboxylic acids is 1. The number of benzene rings is 1. The third-order valence-corrected chi connectivity index (χ3v) is 3.26. The molecule has 0 saturated carbocycles. The molecule has 1 N–H and O–H groups in total. The van der Waals surface area contributed by atoms with Gasteiger partial charge in [-0.25, -0.2) is 0 Å². The number of amides is 1. The van der Waals surface area contributed by atoms with Gasteiger partial charge in [-0.2, -0.15) is 0 Å². The molecule has 1 amide bonds. The van der Waals surface area contributed by atoms with Crippen molar-refractivity contribution in [1.82, 2.24) is 4.90 Å². The first kappa shape index (κ1) is 17.0. The van der Waals surface area contributed by atoms with E-state index in [9.17, 15) is 9.59 Å². The standard InChI is InChI=1S/C16H23NO4/c1-4-17(11-13(3)16(19)20)15(18)9-10-21-14-7-5-12(2)6-8-14/h5-8,13H,4,9-11H2,1-3H3,(H,19,20). The zero-order chi connectivity index (χ0) is 15.8. The number of aryl methyl sites for hydroxylation is 1. The number of ether oxygens (including phenoxy) is 1. The van der Waals surface area contributed by atoms with Gasteiger partial charge in [0.1, 0.15) is 5.75 Å². The van der Waals surface area contributed by atoms with E-state index in [1.54, 1.807) is 11.8 Å². The van der Waals surface area contributed by atoms with Gasteiger partial charge in [-0.15, -0.1) is 0 Å². The van der Waals surface area contributed by atoms with Gasteiger partial charge in [0.2, 0.25) is 5.91 Å². The first-order chi connectivity index (χ1) is 9.93. The minimum atomic E-state index is -0.892. The molecule has 5 heteroatoms. The fourth-order valence-electron chi connectivity index (χ4n) is 1.86. The Labute approximate surface area is 125 Å². The van der Waals surface area contributed by atoms with Crippen LogP contribution in [0.3, 0.4) is 0 Å². The summed E-state index contributed by atoms with van der Waals surface area (Å²) in [5.41, 5.74) is 1.15. The molecule has 0 fully saturated rings. The van der Waals surface area contributed by atoms with E-state index in [-0.39, 0.29) is 18.9 Å². The quantitative estimate of drug-likeness (QED) is 0.799. The van der Waals surface area contributed by atoms with Gasteiger partial charge in [-0.1, -0.05) is 24.6 Å². The highest BCUT2D eigenvalue weighted by molar-refractivity contribution is 5.77. The highest BCUT2D eigenvalue weighted by atomic mass is 16.5. The van der Waals surface area contributed by atoms with E-state index in [1.165, 1.54) is 0 Å². The molecule has 1 atom stereocenters. The largest absolute Gasteiger partial charge is 0.493 e. The first-order valence-corrected chi connectivity index (χ1v) is 7.14. The van der Waals surface area contributed by atoms with Crippen LogP contribution in [0.5, 0.6) is 5.75 Å². The zero-order valence-corrected chi connectivity index (χ0v) is 12.8. The van der Waals surface area contributed by atoms with Gasteiger partial charge >= 0.3 is 5.97 Å². The summed E-state index contributed by atoms with van der Waals surface area (Å²) < 4.78 is 5.51. The number of hydrogen-bond acceptors (Lipinski definition) is 3. The van der Waals surface area contributed by atoms with E-state index in [2.05, 4.69) is 0 Å². The van der Waals surface area contributed by atoms with Crippen molar-refractivity contribution in [2.45, 2.75) is 27.2 Å². The van der Waals surface area contributed by atoms with Crippen molar-refractivity contribution >= 4 is 11.9 Å². The van der Waals surface area contributed by atoms with E-state index >= 15 is 0 Å². The van der Waals surface area contributed by atoms with Crippen LogP contribution in [0.15, 0.2) is 24.3 Å². The van der Waals surface area contributed by atoms with Crippen LogP contribution in [0.1, 0.15) is 25.8 Å². The number of rotatable bonds is 8. The summed E-state index contributed by atoms with van der Waals surface area (Å²) in [6.07, 6.45) is 0.244. The Kier molecular flexibility index (Phi) is 6.72. The molecule has 5 nitrogen and oxygen atoms in total. The normalized spacial score (nSPS) is 11.8. The zero-order valence-electron chi connectivity index (χ0n) is 12.8. The lowest BCUT2D eigenvalue weighted by Crippen LogP contribution is -2.37. The molecule has 1 aromatic rings. The Morgan fingerprint density at radius 1 is 1.29 bits per heavy atom. The lowest BCUT2D eigenvalue weighted by molar-refractivity contribution is -0.143. The van der Waals surface area contributed by atoms with E-state index < -0.39 is 11.9 Å². The van der Waals surface area contributed by atoms with Crippen LogP contribution in [-0.4, -0.2) is 41.6 Å². The second kappa shape index (κ2) is 8.29. The van der Waals surface area contributed by atoms with E-state index in [1.807, 2.05) is 38.1 Å². The van der Waals surface area contributed by atoms with Crippen LogP contribution >= 0.6 is 0 Å². The lowest BCUT2D eigenvalue weighted by Gasteiger charge is -2.23. The number of carbonyl (C=O) groups is 2. The SMILES string of the molecule is CCN(CC(C)C(=O)O)C(=O)CCOc1ccc(C)cc1. The monoisotopic (exact) mass is 293 g/mol. The van der Waals surface area contributed by atoms with Gasteiger partial charge in [-0.3, -0.25) is 9.59 Å². The fourth-order valence-corrected chi connectivity index (χ4v) is 1.86. The maximum absolute atomic E-state index is 12.0. The highest BCUT2D eigenvalue weighted by Crippen LogP contribution is 2.12. The minimum Gasteiger partial charge on any atom is -0.493 e. The summed E-state index contributed by atoms with van der Waals surface area (Å²) in [7, 11) is 0. The number of nitrogens with zero attached hydrogens (tertiary/aromatic N) is 1. The Hall–Kier alpha value is -2.04.